The molecule has 1 N–H and O–H groups in total. The number of phenols is 1. The van der Waals surface area contributed by atoms with Gasteiger partial charge in [-0.15, -0.1) is 0 Å². The molecule has 2 aliphatic rings. The smallest absolute Gasteiger partial charge is 0.235 e. The summed E-state index contributed by atoms with van der Waals surface area (Å²) in [5.74, 6) is -1.23. The van der Waals surface area contributed by atoms with Gasteiger partial charge in [0, 0.05) is 5.56 Å². The van der Waals surface area contributed by atoms with Crippen molar-refractivity contribution in [1.82, 2.24) is 0 Å². The lowest BCUT2D eigenvalue weighted by Crippen LogP contribution is -2.32. The Labute approximate surface area is 108 Å². The van der Waals surface area contributed by atoms with Crippen LogP contribution >= 0.6 is 0 Å². The molecular formula is C13H12FNO4. The second-order valence-electron chi connectivity index (χ2n) is 4.70. The fourth-order valence-electron chi connectivity index (χ4n) is 2.53. The maximum atomic E-state index is 14.1. The topological polar surface area (TPSA) is 68.1 Å². The Kier molecular flexibility index (Phi) is 2.68. The molecule has 1 aliphatic heterocycles. The Morgan fingerprint density at radius 3 is 2.74 bits per heavy atom. The third-order valence-corrected chi connectivity index (χ3v) is 3.69. The number of ether oxygens (including phenoxy) is 2. The number of isocyanates is 1. The molecule has 0 radical (unpaired) electrons. The molecule has 0 aromatic heterocycles. The molecular weight excluding hydrogens is 253 g/mol. The molecule has 1 saturated carbocycles. The van der Waals surface area contributed by atoms with Crippen molar-refractivity contribution >= 4 is 6.08 Å². The summed E-state index contributed by atoms with van der Waals surface area (Å²) in [5.41, 5.74) is -0.605. The average molecular weight is 265 g/mol. The maximum Gasteiger partial charge on any atom is 0.235 e. The van der Waals surface area contributed by atoms with E-state index in [-0.39, 0.29) is 23.7 Å². The summed E-state index contributed by atoms with van der Waals surface area (Å²) >= 11 is 0. The first-order chi connectivity index (χ1) is 9.18. The average Bonchev–Trinajstić information content (AvgIpc) is 2.38. The van der Waals surface area contributed by atoms with E-state index in [9.17, 15) is 14.3 Å². The minimum Gasteiger partial charge on any atom is -0.504 e. The first-order valence-corrected chi connectivity index (χ1v) is 6.08. The number of benzene rings is 1. The van der Waals surface area contributed by atoms with Crippen molar-refractivity contribution in [3.8, 4) is 17.2 Å². The standard InChI is InChI=1S/C13H12FNO4/c14-10-11(17)8(13(15-7-16)2-1-3-13)6-9-12(10)19-5-4-18-9/h6,17H,1-5H2. The molecule has 1 aliphatic carbocycles. The normalized spacial score (nSPS) is 19.2. The highest BCUT2D eigenvalue weighted by atomic mass is 19.1. The van der Waals surface area contributed by atoms with E-state index in [1.807, 2.05) is 0 Å². The fourth-order valence-corrected chi connectivity index (χ4v) is 2.53. The van der Waals surface area contributed by atoms with Crippen molar-refractivity contribution in [2.24, 2.45) is 4.99 Å². The Bertz CT molecular complexity index is 576. The van der Waals surface area contributed by atoms with Crippen LogP contribution in [0, 0.1) is 5.82 Å². The van der Waals surface area contributed by atoms with Gasteiger partial charge in [-0.25, -0.2) is 4.79 Å². The number of carbonyl (C=O) groups excluding carboxylic acids is 1. The van der Waals surface area contributed by atoms with E-state index < -0.39 is 17.1 Å². The zero-order valence-electron chi connectivity index (χ0n) is 10.1. The number of rotatable bonds is 2. The second kappa shape index (κ2) is 4.24. The number of halogens is 1. The van der Waals surface area contributed by atoms with Gasteiger partial charge >= 0.3 is 0 Å². The van der Waals surface area contributed by atoms with E-state index in [2.05, 4.69) is 4.99 Å². The molecule has 0 bridgehead atoms. The summed E-state index contributed by atoms with van der Waals surface area (Å²) < 4.78 is 24.6. The van der Waals surface area contributed by atoms with Crippen LogP contribution in [0.5, 0.6) is 17.2 Å². The van der Waals surface area contributed by atoms with Crippen LogP contribution in [-0.2, 0) is 10.3 Å². The summed E-state index contributed by atoms with van der Waals surface area (Å²) in [6, 6.07) is 1.51. The monoisotopic (exact) mass is 265 g/mol. The van der Waals surface area contributed by atoms with Crippen LogP contribution in [0.25, 0.3) is 0 Å². The lowest BCUT2D eigenvalue weighted by Gasteiger charge is -2.38. The van der Waals surface area contributed by atoms with Crippen LogP contribution in [0.3, 0.4) is 0 Å². The Morgan fingerprint density at radius 2 is 2.11 bits per heavy atom. The highest BCUT2D eigenvalue weighted by molar-refractivity contribution is 5.56. The number of phenolic OH excluding ortho intramolecular Hbond substituents is 1. The molecule has 1 aromatic rings. The van der Waals surface area contributed by atoms with Crippen LogP contribution in [0.15, 0.2) is 11.1 Å². The van der Waals surface area contributed by atoms with E-state index in [4.69, 9.17) is 9.47 Å². The van der Waals surface area contributed by atoms with Gasteiger partial charge in [-0.2, -0.15) is 9.38 Å². The summed E-state index contributed by atoms with van der Waals surface area (Å²) in [6.45, 7) is 0.556. The van der Waals surface area contributed by atoms with E-state index >= 15 is 0 Å². The molecule has 3 rings (SSSR count). The number of hydrogen-bond acceptors (Lipinski definition) is 5. The zero-order chi connectivity index (χ0) is 13.5. The van der Waals surface area contributed by atoms with E-state index in [0.717, 1.165) is 6.42 Å². The highest BCUT2D eigenvalue weighted by Gasteiger charge is 2.43. The van der Waals surface area contributed by atoms with Gasteiger partial charge < -0.3 is 14.6 Å². The molecule has 6 heteroatoms. The van der Waals surface area contributed by atoms with E-state index in [1.165, 1.54) is 12.1 Å². The third-order valence-electron chi connectivity index (χ3n) is 3.69. The number of fused-ring (bicyclic) bond motifs is 1. The molecule has 100 valence electrons. The van der Waals surface area contributed by atoms with Gasteiger partial charge in [0.05, 0.1) is 0 Å². The van der Waals surface area contributed by atoms with Crippen LogP contribution < -0.4 is 9.47 Å². The second-order valence-corrected chi connectivity index (χ2v) is 4.70. The largest absolute Gasteiger partial charge is 0.504 e. The van der Waals surface area contributed by atoms with Gasteiger partial charge in [0.25, 0.3) is 0 Å². The quantitative estimate of drug-likeness (QED) is 0.656. The van der Waals surface area contributed by atoms with Crippen molar-refractivity contribution < 1.29 is 23.8 Å². The van der Waals surface area contributed by atoms with Gasteiger partial charge in [0.2, 0.25) is 17.6 Å². The lowest BCUT2D eigenvalue weighted by molar-refractivity contribution is 0.160. The fraction of sp³-hybridized carbons (Fsp3) is 0.462. The molecule has 0 atom stereocenters. The van der Waals surface area contributed by atoms with Crippen molar-refractivity contribution in [3.63, 3.8) is 0 Å². The van der Waals surface area contributed by atoms with E-state index in [1.54, 1.807) is 0 Å². The molecule has 0 unspecified atom stereocenters. The van der Waals surface area contributed by atoms with Gasteiger partial charge in [0.15, 0.2) is 11.5 Å². The SMILES string of the molecule is O=C=NC1(c2cc3c(c(F)c2O)OCCO3)CCC1. The molecule has 1 aromatic carbocycles. The number of aromatic hydroxyl groups is 1. The predicted octanol–water partition coefficient (Wildman–Crippen LogP) is 2.02. The third kappa shape index (κ3) is 1.68. The van der Waals surface area contributed by atoms with Crippen LogP contribution in [0.1, 0.15) is 24.8 Å². The van der Waals surface area contributed by atoms with Crippen molar-refractivity contribution in [2.75, 3.05) is 13.2 Å². The molecule has 1 fully saturated rings. The maximum absolute atomic E-state index is 14.1. The summed E-state index contributed by atoms with van der Waals surface area (Å²) in [7, 11) is 0. The zero-order valence-corrected chi connectivity index (χ0v) is 10.1. The first-order valence-electron chi connectivity index (χ1n) is 6.08. The van der Waals surface area contributed by atoms with Crippen LogP contribution in [0.4, 0.5) is 4.39 Å². The summed E-state index contributed by atoms with van der Waals surface area (Å²) in [4.78, 5) is 14.3. The van der Waals surface area contributed by atoms with Crippen LogP contribution in [0.2, 0.25) is 0 Å². The number of nitrogens with zero attached hydrogens (tertiary/aromatic N) is 1. The Balaban J connectivity index is 2.16. The molecule has 0 saturated heterocycles. The predicted molar refractivity (Wildman–Crippen MR) is 62.7 cm³/mol. The Morgan fingerprint density at radius 1 is 1.37 bits per heavy atom. The van der Waals surface area contributed by atoms with Gasteiger partial charge in [-0.05, 0) is 25.3 Å². The number of hydrogen-bond donors (Lipinski definition) is 1. The summed E-state index contributed by atoms with van der Waals surface area (Å²) in [5, 5.41) is 9.98. The van der Waals surface area contributed by atoms with Gasteiger partial charge in [-0.3, -0.25) is 0 Å². The van der Waals surface area contributed by atoms with Crippen molar-refractivity contribution in [2.45, 2.75) is 24.8 Å². The molecule has 19 heavy (non-hydrogen) atoms. The molecule has 0 spiro atoms. The van der Waals surface area contributed by atoms with Crippen molar-refractivity contribution in [1.29, 1.82) is 0 Å². The highest BCUT2D eigenvalue weighted by Crippen LogP contribution is 2.52. The lowest BCUT2D eigenvalue weighted by atomic mass is 9.72. The Hall–Kier alpha value is -2.07. The minimum atomic E-state index is -0.873. The molecule has 1 heterocycles. The minimum absolute atomic E-state index is 0.0861. The number of aliphatic imine (C=N–C) groups is 1. The van der Waals surface area contributed by atoms with E-state index in [0.29, 0.717) is 19.4 Å². The molecule has 5 nitrogen and oxygen atoms in total. The van der Waals surface area contributed by atoms with Gasteiger partial charge in [-0.1, -0.05) is 0 Å². The van der Waals surface area contributed by atoms with Gasteiger partial charge in [0.1, 0.15) is 18.8 Å². The molecule has 0 amide bonds. The van der Waals surface area contributed by atoms with Crippen molar-refractivity contribution in [3.05, 3.63) is 17.4 Å². The summed E-state index contributed by atoms with van der Waals surface area (Å²) in [6.07, 6.45) is 3.52. The van der Waals surface area contributed by atoms with Crippen LogP contribution in [-0.4, -0.2) is 24.4 Å². The first kappa shape index (κ1) is 12.0.